The fraction of sp³-hybridized carbons (Fsp3) is 0.111. The molecule has 0 atom stereocenters. The number of aromatic nitrogens is 2. The normalized spacial score (nSPS) is 10.5. The van der Waals surface area contributed by atoms with Gasteiger partial charge in [-0.3, -0.25) is 9.78 Å². The van der Waals surface area contributed by atoms with Gasteiger partial charge in [-0.2, -0.15) is 0 Å². The number of nitrogens with one attached hydrogen (secondary N) is 2. The summed E-state index contributed by atoms with van der Waals surface area (Å²) in [7, 11) is 0. The largest absolute Gasteiger partial charge is 0.332 e. The third-order valence-electron chi connectivity index (χ3n) is 1.89. The van der Waals surface area contributed by atoms with Crippen LogP contribution < -0.4 is 5.56 Å². The molecule has 0 radical (unpaired) electrons. The summed E-state index contributed by atoms with van der Waals surface area (Å²) in [6.45, 7) is 1.94. The van der Waals surface area contributed by atoms with Crippen molar-refractivity contribution in [3.8, 4) is 0 Å². The van der Waals surface area contributed by atoms with E-state index in [2.05, 4.69) is 9.97 Å². The predicted molar refractivity (Wildman–Crippen MR) is 54.5 cm³/mol. The number of hydrogen-bond acceptors (Lipinski definition) is 2. The molecule has 3 nitrogen and oxygen atoms in total. The molecule has 1 aromatic carbocycles. The molecule has 1 aromatic heterocycles. The lowest BCUT2D eigenvalue weighted by atomic mass is 10.2. The van der Waals surface area contributed by atoms with Crippen LogP contribution in [0, 0.1) is 11.7 Å². The molecule has 0 fully saturated rings. The summed E-state index contributed by atoms with van der Waals surface area (Å²) in [4.78, 5) is 16.9. The van der Waals surface area contributed by atoms with Crippen molar-refractivity contribution >= 4 is 23.1 Å². The van der Waals surface area contributed by atoms with Crippen LogP contribution in [0.15, 0.2) is 23.0 Å². The SMILES string of the molecule is Cc1ccc2[nH]c(=S)[nH]c(=O)c2c1. The number of H-pyrrole nitrogens is 2. The van der Waals surface area contributed by atoms with E-state index < -0.39 is 0 Å². The number of benzene rings is 1. The smallest absolute Gasteiger partial charge is 0.259 e. The summed E-state index contributed by atoms with van der Waals surface area (Å²) < 4.78 is 0.362. The third kappa shape index (κ3) is 1.40. The quantitative estimate of drug-likeness (QED) is 0.626. The maximum absolute atomic E-state index is 11.4. The second kappa shape index (κ2) is 2.81. The van der Waals surface area contributed by atoms with E-state index in [0.717, 1.165) is 11.1 Å². The van der Waals surface area contributed by atoms with E-state index in [1.165, 1.54) is 0 Å². The van der Waals surface area contributed by atoms with Gasteiger partial charge in [-0.25, -0.2) is 0 Å². The second-order valence-corrected chi connectivity index (χ2v) is 3.37. The molecular formula is C9H8N2OS. The Labute approximate surface area is 79.4 Å². The van der Waals surface area contributed by atoms with Crippen LogP contribution in [0.25, 0.3) is 10.9 Å². The number of aromatic amines is 2. The van der Waals surface area contributed by atoms with Gasteiger partial charge in [0.2, 0.25) is 0 Å². The average Bonchev–Trinajstić information content (AvgIpc) is 2.06. The Bertz CT molecular complexity index is 568. The van der Waals surface area contributed by atoms with Crippen LogP contribution in [0.2, 0.25) is 0 Å². The van der Waals surface area contributed by atoms with Crippen molar-refractivity contribution in [2.75, 3.05) is 0 Å². The third-order valence-corrected chi connectivity index (χ3v) is 2.10. The molecule has 1 heterocycles. The highest BCUT2D eigenvalue weighted by Crippen LogP contribution is 2.07. The Morgan fingerprint density at radius 3 is 2.85 bits per heavy atom. The van der Waals surface area contributed by atoms with E-state index in [4.69, 9.17) is 12.2 Å². The van der Waals surface area contributed by atoms with Crippen LogP contribution in [0.3, 0.4) is 0 Å². The molecule has 0 aliphatic carbocycles. The highest BCUT2D eigenvalue weighted by Gasteiger charge is 1.97. The predicted octanol–water partition coefficient (Wildman–Crippen LogP) is 1.89. The van der Waals surface area contributed by atoms with Gasteiger partial charge in [-0.1, -0.05) is 11.6 Å². The first-order chi connectivity index (χ1) is 6.16. The highest BCUT2D eigenvalue weighted by atomic mass is 32.1. The average molecular weight is 192 g/mol. The lowest BCUT2D eigenvalue weighted by molar-refractivity contribution is 1.14. The molecule has 0 saturated heterocycles. The first-order valence-electron chi connectivity index (χ1n) is 3.90. The molecule has 0 unspecified atom stereocenters. The molecule has 66 valence electrons. The topological polar surface area (TPSA) is 48.6 Å². The van der Waals surface area contributed by atoms with Gasteiger partial charge in [0.05, 0.1) is 10.9 Å². The Morgan fingerprint density at radius 2 is 2.08 bits per heavy atom. The van der Waals surface area contributed by atoms with Crippen LogP contribution in [0.5, 0.6) is 0 Å². The van der Waals surface area contributed by atoms with Crippen molar-refractivity contribution < 1.29 is 0 Å². The lowest BCUT2D eigenvalue weighted by Gasteiger charge is -1.97. The number of aryl methyl sites for hydroxylation is 1. The van der Waals surface area contributed by atoms with E-state index in [1.807, 2.05) is 25.1 Å². The molecule has 0 amide bonds. The van der Waals surface area contributed by atoms with E-state index in [1.54, 1.807) is 0 Å². The van der Waals surface area contributed by atoms with Crippen LogP contribution in [-0.2, 0) is 0 Å². The van der Waals surface area contributed by atoms with Gasteiger partial charge in [0, 0.05) is 0 Å². The van der Waals surface area contributed by atoms with Gasteiger partial charge in [0.1, 0.15) is 0 Å². The lowest BCUT2D eigenvalue weighted by Crippen LogP contribution is -2.07. The van der Waals surface area contributed by atoms with Crippen molar-refractivity contribution in [1.29, 1.82) is 0 Å². The zero-order valence-corrected chi connectivity index (χ0v) is 7.87. The van der Waals surface area contributed by atoms with Crippen molar-refractivity contribution in [3.05, 3.63) is 38.9 Å². The Morgan fingerprint density at radius 1 is 1.31 bits per heavy atom. The van der Waals surface area contributed by atoms with Gasteiger partial charge >= 0.3 is 0 Å². The molecule has 0 saturated carbocycles. The summed E-state index contributed by atoms with van der Waals surface area (Å²) in [5.41, 5.74) is 1.70. The molecule has 2 rings (SSSR count). The van der Waals surface area contributed by atoms with Crippen LogP contribution in [0.4, 0.5) is 0 Å². The monoisotopic (exact) mass is 192 g/mol. The Hall–Kier alpha value is -1.42. The summed E-state index contributed by atoms with van der Waals surface area (Å²) in [6.07, 6.45) is 0. The minimum atomic E-state index is -0.137. The maximum atomic E-state index is 11.4. The van der Waals surface area contributed by atoms with E-state index in [9.17, 15) is 4.79 Å². The van der Waals surface area contributed by atoms with Crippen molar-refractivity contribution in [1.82, 2.24) is 9.97 Å². The van der Waals surface area contributed by atoms with Crippen LogP contribution >= 0.6 is 12.2 Å². The van der Waals surface area contributed by atoms with E-state index >= 15 is 0 Å². The molecule has 0 aliphatic rings. The first kappa shape index (κ1) is 8.19. The Kier molecular flexibility index (Phi) is 1.77. The van der Waals surface area contributed by atoms with Gasteiger partial charge in [-0.15, -0.1) is 0 Å². The van der Waals surface area contributed by atoms with Gasteiger partial charge in [-0.05, 0) is 31.3 Å². The first-order valence-corrected chi connectivity index (χ1v) is 4.30. The van der Waals surface area contributed by atoms with Gasteiger partial charge < -0.3 is 4.98 Å². The Balaban J connectivity index is 3.04. The summed E-state index contributed by atoms with van der Waals surface area (Å²) in [5, 5.41) is 0.647. The zero-order chi connectivity index (χ0) is 9.42. The van der Waals surface area contributed by atoms with E-state index in [-0.39, 0.29) is 5.56 Å². The fourth-order valence-electron chi connectivity index (χ4n) is 1.28. The number of hydrogen-bond donors (Lipinski definition) is 2. The molecule has 2 aromatic rings. The van der Waals surface area contributed by atoms with Crippen LogP contribution in [-0.4, -0.2) is 9.97 Å². The van der Waals surface area contributed by atoms with E-state index in [0.29, 0.717) is 10.2 Å². The van der Waals surface area contributed by atoms with Crippen molar-refractivity contribution in [2.45, 2.75) is 6.92 Å². The van der Waals surface area contributed by atoms with Gasteiger partial charge in [0.15, 0.2) is 4.77 Å². The molecule has 4 heteroatoms. The van der Waals surface area contributed by atoms with Crippen molar-refractivity contribution in [3.63, 3.8) is 0 Å². The maximum Gasteiger partial charge on any atom is 0.259 e. The molecule has 0 bridgehead atoms. The number of fused-ring (bicyclic) bond motifs is 1. The summed E-state index contributed by atoms with van der Waals surface area (Å²) in [6, 6.07) is 5.63. The van der Waals surface area contributed by atoms with Crippen LogP contribution in [0.1, 0.15) is 5.56 Å². The van der Waals surface area contributed by atoms with Crippen molar-refractivity contribution in [2.24, 2.45) is 0 Å². The molecule has 2 N–H and O–H groups in total. The minimum Gasteiger partial charge on any atom is -0.332 e. The second-order valence-electron chi connectivity index (χ2n) is 2.96. The molecule has 0 spiro atoms. The standard InChI is InChI=1S/C9H8N2OS/c1-5-2-3-7-6(4-5)8(12)11-9(13)10-7/h2-4H,1H3,(H2,10,11,12,13). The number of rotatable bonds is 0. The zero-order valence-electron chi connectivity index (χ0n) is 7.05. The summed E-state index contributed by atoms with van der Waals surface area (Å²) >= 11 is 4.85. The minimum absolute atomic E-state index is 0.137. The molecular weight excluding hydrogens is 184 g/mol. The summed E-state index contributed by atoms with van der Waals surface area (Å²) in [5.74, 6) is 0. The molecule has 0 aliphatic heterocycles. The fourth-order valence-corrected chi connectivity index (χ4v) is 1.48. The van der Waals surface area contributed by atoms with Gasteiger partial charge in [0.25, 0.3) is 5.56 Å². The highest BCUT2D eigenvalue weighted by molar-refractivity contribution is 7.71. The molecule has 13 heavy (non-hydrogen) atoms.